The number of hydrogen-bond donors (Lipinski definition) is 1. The summed E-state index contributed by atoms with van der Waals surface area (Å²) in [7, 11) is 0. The predicted octanol–water partition coefficient (Wildman–Crippen LogP) is 6.38. The minimum absolute atomic E-state index is 0.269. The first-order valence-corrected chi connectivity index (χ1v) is 8.78. The fraction of sp³-hybridized carbons (Fsp3) is 0. The van der Waals surface area contributed by atoms with E-state index >= 15 is 0 Å². The number of anilines is 3. The van der Waals surface area contributed by atoms with E-state index in [-0.39, 0.29) is 5.56 Å². The number of hydrogen-bond acceptors (Lipinski definition) is 2. The zero-order valence-electron chi connectivity index (χ0n) is 12.5. The second-order valence-electron chi connectivity index (χ2n) is 5.14. The van der Waals surface area contributed by atoms with Crippen LogP contribution in [0.4, 0.5) is 17.1 Å². The van der Waals surface area contributed by atoms with Gasteiger partial charge >= 0.3 is 5.97 Å². The van der Waals surface area contributed by atoms with Crippen LogP contribution in [-0.2, 0) is 0 Å². The smallest absolute Gasteiger partial charge is 0.335 e. The molecular weight excluding hydrogens is 434 g/mol. The Hall–Kier alpha value is -2.11. The fourth-order valence-corrected chi connectivity index (χ4v) is 2.91. The van der Waals surface area contributed by atoms with Gasteiger partial charge in [-0.3, -0.25) is 0 Å². The summed E-state index contributed by atoms with van der Waals surface area (Å²) in [6, 6.07) is 22.8. The molecule has 5 heteroatoms. The average Bonchev–Trinajstić information content (AvgIpc) is 2.59. The minimum atomic E-state index is -0.930. The summed E-state index contributed by atoms with van der Waals surface area (Å²) < 4.78 is 2.01. The van der Waals surface area contributed by atoms with Crippen LogP contribution in [0.3, 0.4) is 0 Å². The lowest BCUT2D eigenvalue weighted by Gasteiger charge is -2.25. The standard InChI is InChI=1S/C19H13Br2NO2/c20-14-3-9-17(10-4-14)22(18-11-5-15(21)6-12-18)16-7-1-13(2-8-16)19(23)24/h1-12H,(H,23,24). The molecule has 0 amide bonds. The van der Waals surface area contributed by atoms with E-state index < -0.39 is 5.97 Å². The summed E-state index contributed by atoms with van der Waals surface area (Å²) in [5, 5.41) is 9.09. The molecule has 0 heterocycles. The Morgan fingerprint density at radius 1 is 0.667 bits per heavy atom. The number of nitrogens with zero attached hydrogens (tertiary/aromatic N) is 1. The third kappa shape index (κ3) is 3.68. The van der Waals surface area contributed by atoms with Crippen molar-refractivity contribution in [3.8, 4) is 0 Å². The van der Waals surface area contributed by atoms with Gasteiger partial charge in [0.05, 0.1) is 5.56 Å². The van der Waals surface area contributed by atoms with E-state index in [1.807, 2.05) is 60.7 Å². The number of halogens is 2. The third-order valence-corrected chi connectivity index (χ3v) is 4.60. The monoisotopic (exact) mass is 445 g/mol. The Kier molecular flexibility index (Phi) is 5.02. The molecule has 120 valence electrons. The molecule has 1 N–H and O–H groups in total. The van der Waals surface area contributed by atoms with Gasteiger partial charge in [-0.2, -0.15) is 0 Å². The Bertz CT molecular complexity index is 799. The summed E-state index contributed by atoms with van der Waals surface area (Å²) >= 11 is 6.90. The molecule has 0 atom stereocenters. The lowest BCUT2D eigenvalue weighted by molar-refractivity contribution is 0.0697. The Labute approximate surface area is 156 Å². The Morgan fingerprint density at radius 2 is 1.00 bits per heavy atom. The van der Waals surface area contributed by atoms with Gasteiger partial charge in [0.1, 0.15) is 0 Å². The highest BCUT2D eigenvalue weighted by Gasteiger charge is 2.13. The molecule has 0 aliphatic heterocycles. The average molecular weight is 447 g/mol. The van der Waals surface area contributed by atoms with Gasteiger partial charge in [-0.25, -0.2) is 4.79 Å². The van der Waals surface area contributed by atoms with Crippen molar-refractivity contribution in [3.05, 3.63) is 87.3 Å². The Balaban J connectivity index is 2.08. The quantitative estimate of drug-likeness (QED) is 0.505. The van der Waals surface area contributed by atoms with Crippen LogP contribution in [-0.4, -0.2) is 11.1 Å². The largest absolute Gasteiger partial charge is 0.478 e. The first-order chi connectivity index (χ1) is 11.5. The molecule has 24 heavy (non-hydrogen) atoms. The molecule has 0 aliphatic carbocycles. The second kappa shape index (κ2) is 7.20. The molecule has 3 nitrogen and oxygen atoms in total. The molecule has 3 aromatic carbocycles. The van der Waals surface area contributed by atoms with Crippen LogP contribution in [0.25, 0.3) is 0 Å². The van der Waals surface area contributed by atoms with Crippen LogP contribution < -0.4 is 4.90 Å². The predicted molar refractivity (Wildman–Crippen MR) is 103 cm³/mol. The molecule has 0 saturated heterocycles. The van der Waals surface area contributed by atoms with Gasteiger partial charge in [0.15, 0.2) is 0 Å². The van der Waals surface area contributed by atoms with Crippen LogP contribution in [0.1, 0.15) is 10.4 Å². The SMILES string of the molecule is O=C(O)c1ccc(N(c2ccc(Br)cc2)c2ccc(Br)cc2)cc1. The minimum Gasteiger partial charge on any atom is -0.478 e. The van der Waals surface area contributed by atoms with Crippen molar-refractivity contribution in [2.45, 2.75) is 0 Å². The van der Waals surface area contributed by atoms with E-state index in [4.69, 9.17) is 5.11 Å². The van der Waals surface area contributed by atoms with Crippen molar-refractivity contribution < 1.29 is 9.90 Å². The number of rotatable bonds is 4. The first kappa shape index (κ1) is 16.7. The number of carboxylic acid groups (broad SMARTS) is 1. The van der Waals surface area contributed by atoms with E-state index in [2.05, 4.69) is 36.8 Å². The molecule has 0 aliphatic rings. The lowest BCUT2D eigenvalue weighted by atomic mass is 10.1. The summed E-state index contributed by atoms with van der Waals surface area (Å²) in [5.74, 6) is -0.930. The van der Waals surface area contributed by atoms with E-state index in [1.165, 1.54) is 0 Å². The normalized spacial score (nSPS) is 10.4. The molecule has 0 bridgehead atoms. The van der Waals surface area contributed by atoms with Gasteiger partial charge < -0.3 is 10.0 Å². The van der Waals surface area contributed by atoms with Crippen molar-refractivity contribution in [1.82, 2.24) is 0 Å². The molecule has 3 rings (SSSR count). The number of benzene rings is 3. The zero-order chi connectivity index (χ0) is 17.1. The maximum Gasteiger partial charge on any atom is 0.335 e. The van der Waals surface area contributed by atoms with Gasteiger partial charge in [-0.1, -0.05) is 31.9 Å². The van der Waals surface area contributed by atoms with E-state index in [0.717, 1.165) is 26.0 Å². The van der Waals surface area contributed by atoms with Gasteiger partial charge in [0.2, 0.25) is 0 Å². The molecule has 0 fully saturated rings. The molecule has 0 aromatic heterocycles. The van der Waals surface area contributed by atoms with Gasteiger partial charge in [0.25, 0.3) is 0 Å². The maximum absolute atomic E-state index is 11.1. The molecule has 3 aromatic rings. The third-order valence-electron chi connectivity index (χ3n) is 3.54. The van der Waals surface area contributed by atoms with E-state index in [1.54, 1.807) is 12.1 Å². The summed E-state index contributed by atoms with van der Waals surface area (Å²) in [6.07, 6.45) is 0. The van der Waals surface area contributed by atoms with Gasteiger partial charge in [-0.05, 0) is 72.8 Å². The van der Waals surface area contributed by atoms with Crippen molar-refractivity contribution in [2.75, 3.05) is 4.90 Å². The highest BCUT2D eigenvalue weighted by Crippen LogP contribution is 2.35. The van der Waals surface area contributed by atoms with Gasteiger partial charge in [-0.15, -0.1) is 0 Å². The lowest BCUT2D eigenvalue weighted by Crippen LogP contribution is -2.10. The molecule has 0 spiro atoms. The number of aromatic carboxylic acids is 1. The van der Waals surface area contributed by atoms with Crippen LogP contribution in [0, 0.1) is 0 Å². The Morgan fingerprint density at radius 3 is 1.33 bits per heavy atom. The number of carboxylic acids is 1. The zero-order valence-corrected chi connectivity index (χ0v) is 15.7. The number of carbonyl (C=O) groups is 1. The van der Waals surface area contributed by atoms with Crippen LogP contribution in [0.2, 0.25) is 0 Å². The molecule has 0 saturated carbocycles. The molecule has 0 radical (unpaired) electrons. The molecule has 0 unspecified atom stereocenters. The first-order valence-electron chi connectivity index (χ1n) is 7.19. The van der Waals surface area contributed by atoms with Crippen LogP contribution >= 0.6 is 31.9 Å². The highest BCUT2D eigenvalue weighted by molar-refractivity contribution is 9.10. The van der Waals surface area contributed by atoms with E-state index in [0.29, 0.717) is 0 Å². The fourth-order valence-electron chi connectivity index (χ4n) is 2.38. The van der Waals surface area contributed by atoms with Gasteiger partial charge in [0, 0.05) is 26.0 Å². The highest BCUT2D eigenvalue weighted by atomic mass is 79.9. The second-order valence-corrected chi connectivity index (χ2v) is 6.97. The van der Waals surface area contributed by atoms with Crippen molar-refractivity contribution >= 4 is 54.9 Å². The summed E-state index contributed by atoms with van der Waals surface area (Å²) in [4.78, 5) is 13.1. The summed E-state index contributed by atoms with van der Waals surface area (Å²) in [6.45, 7) is 0. The van der Waals surface area contributed by atoms with Crippen molar-refractivity contribution in [1.29, 1.82) is 0 Å². The van der Waals surface area contributed by atoms with Crippen molar-refractivity contribution in [2.24, 2.45) is 0 Å². The van der Waals surface area contributed by atoms with Crippen molar-refractivity contribution in [3.63, 3.8) is 0 Å². The molecular formula is C19H13Br2NO2. The summed E-state index contributed by atoms with van der Waals surface area (Å²) in [5.41, 5.74) is 3.14. The van der Waals surface area contributed by atoms with E-state index in [9.17, 15) is 4.79 Å². The van der Waals surface area contributed by atoms with Crippen LogP contribution in [0.5, 0.6) is 0 Å². The topological polar surface area (TPSA) is 40.5 Å². The van der Waals surface area contributed by atoms with Crippen LogP contribution in [0.15, 0.2) is 81.7 Å². The maximum atomic E-state index is 11.1.